The van der Waals surface area contributed by atoms with Crippen LogP contribution in [0.3, 0.4) is 0 Å². The minimum absolute atomic E-state index is 0.806. The zero-order valence-corrected chi connectivity index (χ0v) is 11.1. The van der Waals surface area contributed by atoms with Gasteiger partial charge < -0.3 is 4.74 Å². The predicted octanol–water partition coefficient (Wildman–Crippen LogP) is 4.84. The molecule has 0 aliphatic heterocycles. The minimum atomic E-state index is 0.806. The van der Waals surface area contributed by atoms with E-state index in [0.717, 1.165) is 18.8 Å². The smallest absolute Gasteiger partial charge is 0.119 e. The molecule has 0 amide bonds. The summed E-state index contributed by atoms with van der Waals surface area (Å²) in [5.41, 5.74) is 3.77. The highest BCUT2D eigenvalue weighted by molar-refractivity contribution is 5.64. The van der Waals surface area contributed by atoms with Crippen LogP contribution >= 0.6 is 0 Å². The second-order valence-corrected chi connectivity index (χ2v) is 4.59. The van der Waals surface area contributed by atoms with Crippen LogP contribution in [0.5, 0.6) is 5.75 Å². The van der Waals surface area contributed by atoms with Crippen LogP contribution in [0.2, 0.25) is 0 Å². The summed E-state index contributed by atoms with van der Waals surface area (Å²) in [5.74, 6) is 0.958. The number of unbranched alkanes of at least 4 members (excludes halogenated alkanes) is 1. The Morgan fingerprint density at radius 1 is 0.833 bits per heavy atom. The van der Waals surface area contributed by atoms with E-state index in [-0.39, 0.29) is 0 Å². The van der Waals surface area contributed by atoms with Crippen LogP contribution in [0, 0.1) is 6.92 Å². The molecule has 2 aromatic rings. The van der Waals surface area contributed by atoms with E-state index in [1.807, 2.05) is 12.1 Å². The Bertz CT molecular complexity index is 468. The quantitative estimate of drug-likeness (QED) is 0.679. The average molecular weight is 240 g/mol. The molecule has 0 unspecified atom stereocenters. The molecule has 94 valence electrons. The van der Waals surface area contributed by atoms with Gasteiger partial charge in [0, 0.05) is 0 Å². The van der Waals surface area contributed by atoms with Crippen molar-refractivity contribution in [3.8, 4) is 16.9 Å². The zero-order valence-electron chi connectivity index (χ0n) is 11.1. The molecule has 0 fully saturated rings. The monoisotopic (exact) mass is 240 g/mol. The molecule has 18 heavy (non-hydrogen) atoms. The van der Waals surface area contributed by atoms with Gasteiger partial charge in [-0.25, -0.2) is 0 Å². The molecular weight excluding hydrogens is 220 g/mol. The van der Waals surface area contributed by atoms with Gasteiger partial charge in [0.05, 0.1) is 6.61 Å². The second kappa shape index (κ2) is 6.25. The fourth-order valence-electron chi connectivity index (χ4n) is 1.82. The van der Waals surface area contributed by atoms with Gasteiger partial charge in [-0.15, -0.1) is 0 Å². The molecule has 0 saturated heterocycles. The summed E-state index contributed by atoms with van der Waals surface area (Å²) in [6, 6.07) is 16.9. The van der Waals surface area contributed by atoms with E-state index in [9.17, 15) is 0 Å². The first-order valence-corrected chi connectivity index (χ1v) is 6.59. The number of benzene rings is 2. The van der Waals surface area contributed by atoms with Crippen LogP contribution in [0.4, 0.5) is 0 Å². The molecule has 0 spiro atoms. The van der Waals surface area contributed by atoms with Gasteiger partial charge in [0.15, 0.2) is 0 Å². The summed E-state index contributed by atoms with van der Waals surface area (Å²) in [6.45, 7) is 5.08. The summed E-state index contributed by atoms with van der Waals surface area (Å²) >= 11 is 0. The third-order valence-electron chi connectivity index (χ3n) is 3.01. The maximum Gasteiger partial charge on any atom is 0.119 e. The van der Waals surface area contributed by atoms with E-state index in [1.54, 1.807) is 0 Å². The molecule has 0 aliphatic rings. The van der Waals surface area contributed by atoms with Gasteiger partial charge in [0.2, 0.25) is 0 Å². The first-order valence-electron chi connectivity index (χ1n) is 6.59. The topological polar surface area (TPSA) is 9.23 Å². The molecule has 2 rings (SSSR count). The highest BCUT2D eigenvalue weighted by atomic mass is 16.5. The minimum Gasteiger partial charge on any atom is -0.494 e. The fraction of sp³-hybridized carbons (Fsp3) is 0.294. The van der Waals surface area contributed by atoms with Crippen molar-refractivity contribution in [2.24, 2.45) is 0 Å². The molecule has 0 bridgehead atoms. The Labute approximate surface area is 109 Å². The molecule has 0 aromatic heterocycles. The average Bonchev–Trinajstić information content (AvgIpc) is 2.41. The van der Waals surface area contributed by atoms with E-state index in [2.05, 4.69) is 50.2 Å². The van der Waals surface area contributed by atoms with Crippen molar-refractivity contribution in [3.63, 3.8) is 0 Å². The maximum absolute atomic E-state index is 5.66. The van der Waals surface area contributed by atoms with Gasteiger partial charge in [-0.05, 0) is 36.6 Å². The van der Waals surface area contributed by atoms with E-state index >= 15 is 0 Å². The fourth-order valence-corrected chi connectivity index (χ4v) is 1.82. The van der Waals surface area contributed by atoms with Crippen molar-refractivity contribution in [1.82, 2.24) is 0 Å². The number of hydrogen-bond acceptors (Lipinski definition) is 1. The third kappa shape index (κ3) is 3.36. The van der Waals surface area contributed by atoms with Gasteiger partial charge in [-0.3, -0.25) is 0 Å². The van der Waals surface area contributed by atoms with Crippen LogP contribution in [-0.4, -0.2) is 6.61 Å². The molecule has 2 aromatic carbocycles. The lowest BCUT2D eigenvalue weighted by atomic mass is 10.0. The van der Waals surface area contributed by atoms with Gasteiger partial charge in [0.1, 0.15) is 5.75 Å². The highest BCUT2D eigenvalue weighted by Crippen LogP contribution is 2.22. The molecule has 0 N–H and O–H groups in total. The van der Waals surface area contributed by atoms with Crippen LogP contribution in [-0.2, 0) is 0 Å². The molecule has 1 nitrogen and oxygen atoms in total. The summed E-state index contributed by atoms with van der Waals surface area (Å²) in [6.07, 6.45) is 2.28. The Kier molecular flexibility index (Phi) is 4.40. The van der Waals surface area contributed by atoms with Gasteiger partial charge in [-0.2, -0.15) is 0 Å². The van der Waals surface area contributed by atoms with E-state index in [1.165, 1.54) is 23.1 Å². The van der Waals surface area contributed by atoms with E-state index in [0.29, 0.717) is 0 Å². The van der Waals surface area contributed by atoms with Gasteiger partial charge >= 0.3 is 0 Å². The molecule has 0 saturated carbocycles. The molecule has 0 atom stereocenters. The summed E-state index contributed by atoms with van der Waals surface area (Å²) < 4.78 is 5.66. The van der Waals surface area contributed by atoms with Crippen molar-refractivity contribution in [2.75, 3.05) is 6.61 Å². The van der Waals surface area contributed by atoms with Gasteiger partial charge in [0.25, 0.3) is 0 Å². The predicted molar refractivity (Wildman–Crippen MR) is 77.0 cm³/mol. The lowest BCUT2D eigenvalue weighted by molar-refractivity contribution is 0.309. The van der Waals surface area contributed by atoms with Crippen molar-refractivity contribution >= 4 is 0 Å². The molecule has 0 aliphatic carbocycles. The Morgan fingerprint density at radius 2 is 1.39 bits per heavy atom. The number of ether oxygens (including phenoxy) is 1. The second-order valence-electron chi connectivity index (χ2n) is 4.59. The first-order chi connectivity index (χ1) is 8.79. The van der Waals surface area contributed by atoms with E-state index in [4.69, 9.17) is 4.74 Å². The van der Waals surface area contributed by atoms with Crippen molar-refractivity contribution in [3.05, 3.63) is 54.1 Å². The Hall–Kier alpha value is -1.76. The van der Waals surface area contributed by atoms with Crippen LogP contribution in [0.15, 0.2) is 48.5 Å². The Morgan fingerprint density at radius 3 is 1.94 bits per heavy atom. The number of rotatable bonds is 5. The third-order valence-corrected chi connectivity index (χ3v) is 3.01. The lowest BCUT2D eigenvalue weighted by Crippen LogP contribution is -1.95. The largest absolute Gasteiger partial charge is 0.494 e. The van der Waals surface area contributed by atoms with Crippen molar-refractivity contribution in [1.29, 1.82) is 0 Å². The van der Waals surface area contributed by atoms with Crippen LogP contribution in [0.25, 0.3) is 11.1 Å². The summed E-state index contributed by atoms with van der Waals surface area (Å²) in [5, 5.41) is 0. The number of hydrogen-bond donors (Lipinski definition) is 0. The number of aryl methyl sites for hydroxylation is 1. The standard InChI is InChI=1S/C17H20O/c1-3-4-13-18-17-11-9-16(10-12-17)15-7-5-14(2)6-8-15/h5-12H,3-4,13H2,1-2H3. The van der Waals surface area contributed by atoms with Crippen molar-refractivity contribution in [2.45, 2.75) is 26.7 Å². The SMILES string of the molecule is CCCCOc1ccc(-c2ccc(C)cc2)cc1. The molecule has 0 radical (unpaired) electrons. The van der Waals surface area contributed by atoms with Crippen LogP contribution in [0.1, 0.15) is 25.3 Å². The van der Waals surface area contributed by atoms with E-state index < -0.39 is 0 Å². The first kappa shape index (κ1) is 12.7. The maximum atomic E-state index is 5.66. The Balaban J connectivity index is 2.05. The zero-order chi connectivity index (χ0) is 12.8. The molecule has 0 heterocycles. The molecule has 1 heteroatoms. The summed E-state index contributed by atoms with van der Waals surface area (Å²) in [7, 11) is 0. The lowest BCUT2D eigenvalue weighted by Gasteiger charge is -2.07. The summed E-state index contributed by atoms with van der Waals surface area (Å²) in [4.78, 5) is 0. The normalized spacial score (nSPS) is 10.3. The highest BCUT2D eigenvalue weighted by Gasteiger charge is 1.98. The van der Waals surface area contributed by atoms with Gasteiger partial charge in [-0.1, -0.05) is 55.3 Å². The van der Waals surface area contributed by atoms with Crippen molar-refractivity contribution < 1.29 is 4.74 Å². The molecular formula is C17H20O. The van der Waals surface area contributed by atoms with Crippen LogP contribution < -0.4 is 4.74 Å².